The Kier molecular flexibility index (Phi) is 6.21. The first kappa shape index (κ1) is 14.5. The van der Waals surface area contributed by atoms with Crippen molar-refractivity contribution in [1.82, 2.24) is 4.72 Å². The molecule has 0 spiro atoms. The van der Waals surface area contributed by atoms with Gasteiger partial charge in [0.25, 0.3) is 0 Å². The number of benzene rings is 1. The maximum Gasteiger partial charge on any atom is 0.215 e. The fraction of sp³-hybridized carbons (Fsp3) is 0.455. The van der Waals surface area contributed by atoms with Crippen LogP contribution in [0.5, 0.6) is 0 Å². The SMILES string of the molecule is [N-]=[N+]=NCCCCNS(=O)(=O)Cc1ccccc1. The minimum absolute atomic E-state index is 0.00973. The third-order valence-corrected chi connectivity index (χ3v) is 3.63. The first-order chi connectivity index (χ1) is 8.64. The molecular formula is C11H16N4O2S. The van der Waals surface area contributed by atoms with E-state index in [0.29, 0.717) is 25.9 Å². The minimum atomic E-state index is -3.28. The Hall–Kier alpha value is -1.56. The second-order valence-electron chi connectivity index (χ2n) is 3.80. The van der Waals surface area contributed by atoms with Crippen molar-refractivity contribution in [3.05, 3.63) is 46.3 Å². The highest BCUT2D eigenvalue weighted by Crippen LogP contribution is 2.04. The summed E-state index contributed by atoms with van der Waals surface area (Å²) in [5, 5.41) is 3.38. The molecule has 0 atom stereocenters. The molecule has 1 N–H and O–H groups in total. The van der Waals surface area contributed by atoms with Crippen LogP contribution in [-0.4, -0.2) is 21.5 Å². The van der Waals surface area contributed by atoms with E-state index in [0.717, 1.165) is 5.56 Å². The molecule has 0 heterocycles. The van der Waals surface area contributed by atoms with Gasteiger partial charge in [-0.25, -0.2) is 13.1 Å². The van der Waals surface area contributed by atoms with Gasteiger partial charge in [-0.1, -0.05) is 35.4 Å². The second kappa shape index (κ2) is 7.71. The second-order valence-corrected chi connectivity index (χ2v) is 5.61. The summed E-state index contributed by atoms with van der Waals surface area (Å²) in [6.07, 6.45) is 1.34. The zero-order chi connectivity index (χ0) is 13.3. The first-order valence-corrected chi connectivity index (χ1v) is 7.31. The smallest absolute Gasteiger partial charge is 0.215 e. The van der Waals surface area contributed by atoms with Crippen molar-refractivity contribution >= 4 is 10.0 Å². The molecule has 0 saturated carbocycles. The largest absolute Gasteiger partial charge is 0.215 e. The van der Waals surface area contributed by atoms with Crippen LogP contribution in [0, 0.1) is 0 Å². The molecule has 0 aromatic heterocycles. The van der Waals surface area contributed by atoms with Crippen molar-refractivity contribution < 1.29 is 8.42 Å². The van der Waals surface area contributed by atoms with Crippen LogP contribution in [0.25, 0.3) is 10.4 Å². The van der Waals surface area contributed by atoms with Gasteiger partial charge in [-0.3, -0.25) is 0 Å². The molecule has 98 valence electrons. The third-order valence-electron chi connectivity index (χ3n) is 2.27. The summed E-state index contributed by atoms with van der Waals surface area (Å²) in [6, 6.07) is 9.02. The molecule has 0 unspecified atom stereocenters. The Labute approximate surface area is 107 Å². The Morgan fingerprint density at radius 2 is 1.94 bits per heavy atom. The average molecular weight is 268 g/mol. The summed E-state index contributed by atoms with van der Waals surface area (Å²) < 4.78 is 25.9. The molecule has 0 radical (unpaired) electrons. The molecule has 1 rings (SSSR count). The fourth-order valence-corrected chi connectivity index (χ4v) is 2.61. The molecule has 0 bridgehead atoms. The predicted octanol–water partition coefficient (Wildman–Crippen LogP) is 2.20. The van der Waals surface area contributed by atoms with Gasteiger partial charge in [0.1, 0.15) is 0 Å². The summed E-state index contributed by atoms with van der Waals surface area (Å²) in [6.45, 7) is 0.771. The molecule has 0 saturated heterocycles. The number of azide groups is 1. The van der Waals surface area contributed by atoms with E-state index in [2.05, 4.69) is 14.7 Å². The van der Waals surface area contributed by atoms with Crippen molar-refractivity contribution in [2.45, 2.75) is 18.6 Å². The minimum Gasteiger partial charge on any atom is -0.215 e. The number of unbranched alkanes of at least 4 members (excludes halogenated alkanes) is 1. The van der Waals surface area contributed by atoms with E-state index in [1.807, 2.05) is 18.2 Å². The molecular weight excluding hydrogens is 252 g/mol. The highest BCUT2D eigenvalue weighted by molar-refractivity contribution is 7.88. The molecule has 18 heavy (non-hydrogen) atoms. The number of rotatable bonds is 8. The standard InChI is InChI=1S/C11H16N4O2S/c12-15-13-8-4-5-9-14-18(16,17)10-11-6-2-1-3-7-11/h1-3,6-7,14H,4-5,8-10H2. The molecule has 6 nitrogen and oxygen atoms in total. The lowest BCUT2D eigenvalue weighted by molar-refractivity contribution is 0.576. The summed E-state index contributed by atoms with van der Waals surface area (Å²) in [4.78, 5) is 2.62. The van der Waals surface area contributed by atoms with E-state index in [-0.39, 0.29) is 5.75 Å². The maximum absolute atomic E-state index is 11.7. The lowest BCUT2D eigenvalue weighted by Crippen LogP contribution is -2.26. The summed E-state index contributed by atoms with van der Waals surface area (Å²) >= 11 is 0. The zero-order valence-corrected chi connectivity index (χ0v) is 10.8. The number of hydrogen-bond donors (Lipinski definition) is 1. The Morgan fingerprint density at radius 3 is 2.61 bits per heavy atom. The monoisotopic (exact) mass is 268 g/mol. The van der Waals surface area contributed by atoms with Crippen molar-refractivity contribution in [1.29, 1.82) is 0 Å². The molecule has 0 aliphatic carbocycles. The van der Waals surface area contributed by atoms with Crippen LogP contribution in [0.3, 0.4) is 0 Å². The van der Waals surface area contributed by atoms with E-state index in [1.165, 1.54) is 0 Å². The molecule has 0 aliphatic heterocycles. The highest BCUT2D eigenvalue weighted by Gasteiger charge is 2.09. The quantitative estimate of drug-likeness (QED) is 0.338. The Morgan fingerprint density at radius 1 is 1.22 bits per heavy atom. The van der Waals surface area contributed by atoms with Crippen LogP contribution in [0.1, 0.15) is 18.4 Å². The predicted molar refractivity (Wildman–Crippen MR) is 70.3 cm³/mol. The van der Waals surface area contributed by atoms with Gasteiger partial charge in [-0.2, -0.15) is 0 Å². The Balaban J connectivity index is 2.30. The van der Waals surface area contributed by atoms with Gasteiger partial charge in [0.15, 0.2) is 0 Å². The van der Waals surface area contributed by atoms with Gasteiger partial charge >= 0.3 is 0 Å². The molecule has 7 heteroatoms. The molecule has 1 aromatic carbocycles. The maximum atomic E-state index is 11.7. The number of nitrogens with zero attached hydrogens (tertiary/aromatic N) is 3. The van der Waals surface area contributed by atoms with E-state index in [4.69, 9.17) is 5.53 Å². The lowest BCUT2D eigenvalue weighted by atomic mass is 10.2. The van der Waals surface area contributed by atoms with Crippen molar-refractivity contribution in [2.24, 2.45) is 5.11 Å². The molecule has 0 aliphatic rings. The topological polar surface area (TPSA) is 94.9 Å². The van der Waals surface area contributed by atoms with Gasteiger partial charge in [0.2, 0.25) is 10.0 Å². The highest BCUT2D eigenvalue weighted by atomic mass is 32.2. The zero-order valence-electron chi connectivity index (χ0n) is 9.99. The third kappa shape index (κ3) is 6.24. The van der Waals surface area contributed by atoms with Gasteiger partial charge < -0.3 is 0 Å². The van der Waals surface area contributed by atoms with Crippen LogP contribution >= 0.6 is 0 Å². The van der Waals surface area contributed by atoms with E-state index in [1.54, 1.807) is 12.1 Å². The summed E-state index contributed by atoms with van der Waals surface area (Å²) in [5.74, 6) is -0.00973. The van der Waals surface area contributed by atoms with Crippen molar-refractivity contribution in [2.75, 3.05) is 13.1 Å². The Bertz CT molecular complexity index is 495. The molecule has 0 amide bonds. The van der Waals surface area contributed by atoms with E-state index >= 15 is 0 Å². The van der Waals surface area contributed by atoms with Crippen LogP contribution < -0.4 is 4.72 Å². The van der Waals surface area contributed by atoms with Crippen molar-refractivity contribution in [3.8, 4) is 0 Å². The van der Waals surface area contributed by atoms with Gasteiger partial charge in [0.05, 0.1) is 5.75 Å². The lowest BCUT2D eigenvalue weighted by Gasteiger charge is -2.06. The number of hydrogen-bond acceptors (Lipinski definition) is 3. The van der Waals surface area contributed by atoms with E-state index < -0.39 is 10.0 Å². The van der Waals surface area contributed by atoms with E-state index in [9.17, 15) is 8.42 Å². The average Bonchev–Trinajstić information content (AvgIpc) is 2.34. The van der Waals surface area contributed by atoms with Crippen LogP contribution in [0.2, 0.25) is 0 Å². The summed E-state index contributed by atoms with van der Waals surface area (Å²) in [5.41, 5.74) is 8.83. The van der Waals surface area contributed by atoms with Gasteiger partial charge in [-0.15, -0.1) is 0 Å². The fourth-order valence-electron chi connectivity index (χ4n) is 1.42. The van der Waals surface area contributed by atoms with Crippen LogP contribution in [-0.2, 0) is 15.8 Å². The van der Waals surface area contributed by atoms with Gasteiger partial charge in [-0.05, 0) is 23.9 Å². The van der Waals surface area contributed by atoms with Crippen LogP contribution in [0.15, 0.2) is 35.4 Å². The van der Waals surface area contributed by atoms with Gasteiger partial charge in [0, 0.05) is 18.0 Å². The van der Waals surface area contributed by atoms with Crippen molar-refractivity contribution in [3.63, 3.8) is 0 Å². The summed E-state index contributed by atoms with van der Waals surface area (Å²) in [7, 11) is -3.28. The number of nitrogens with one attached hydrogen (secondary N) is 1. The van der Waals surface area contributed by atoms with Crippen LogP contribution in [0.4, 0.5) is 0 Å². The molecule has 1 aromatic rings. The first-order valence-electron chi connectivity index (χ1n) is 5.66. The number of sulfonamides is 1. The normalized spacial score (nSPS) is 10.9. The molecule has 0 fully saturated rings.